The van der Waals surface area contributed by atoms with Crippen molar-refractivity contribution in [1.82, 2.24) is 19.6 Å². The van der Waals surface area contributed by atoms with Gasteiger partial charge in [-0.15, -0.1) is 0 Å². The number of piperidine rings is 1. The Morgan fingerprint density at radius 1 is 1.33 bits per heavy atom. The lowest BCUT2D eigenvalue weighted by atomic mass is 9.97. The molecule has 0 radical (unpaired) electrons. The summed E-state index contributed by atoms with van der Waals surface area (Å²) in [5, 5.41) is 3.98. The highest BCUT2D eigenvalue weighted by Crippen LogP contribution is 2.23. The molecule has 1 aliphatic heterocycles. The second-order valence-corrected chi connectivity index (χ2v) is 7.42. The van der Waals surface area contributed by atoms with Gasteiger partial charge in [0, 0.05) is 31.4 Å². The minimum absolute atomic E-state index is 0.0948. The summed E-state index contributed by atoms with van der Waals surface area (Å²) in [6.07, 6.45) is 3.30. The van der Waals surface area contributed by atoms with Crippen LogP contribution in [0.25, 0.3) is 0 Å². The largest absolute Gasteiger partial charge is 0.364 e. The van der Waals surface area contributed by atoms with Crippen molar-refractivity contribution in [2.75, 3.05) is 13.6 Å². The first kappa shape index (κ1) is 19.1. The Labute approximate surface area is 159 Å². The number of hydrogen-bond acceptors (Lipinski definition) is 4. The number of rotatable bonds is 4. The Morgan fingerprint density at radius 3 is 2.74 bits per heavy atom. The van der Waals surface area contributed by atoms with E-state index in [-0.39, 0.29) is 17.8 Å². The number of carbonyl (C=O) groups is 2. The van der Waals surface area contributed by atoms with Gasteiger partial charge >= 0.3 is 6.03 Å². The number of amides is 2. The molecule has 0 spiro atoms. The summed E-state index contributed by atoms with van der Waals surface area (Å²) >= 11 is 0. The van der Waals surface area contributed by atoms with Gasteiger partial charge in [-0.2, -0.15) is 9.78 Å². The number of aryl methyl sites for hydroxylation is 1. The molecule has 1 aromatic heterocycles. The van der Waals surface area contributed by atoms with Gasteiger partial charge in [0.05, 0.1) is 0 Å². The molecule has 0 bridgehead atoms. The van der Waals surface area contributed by atoms with Crippen LogP contribution in [0.15, 0.2) is 36.5 Å². The van der Waals surface area contributed by atoms with Crippen molar-refractivity contribution in [1.29, 1.82) is 0 Å². The molecule has 7 heteroatoms. The second-order valence-electron chi connectivity index (χ2n) is 7.42. The number of nitrogens with two attached hydrogens (primary N) is 1. The van der Waals surface area contributed by atoms with Gasteiger partial charge < -0.3 is 10.6 Å². The molecule has 7 nitrogen and oxygen atoms in total. The van der Waals surface area contributed by atoms with Crippen LogP contribution in [-0.4, -0.2) is 57.2 Å². The molecule has 144 valence electrons. The zero-order valence-electron chi connectivity index (χ0n) is 16.1. The third kappa shape index (κ3) is 4.36. The van der Waals surface area contributed by atoms with E-state index >= 15 is 0 Å². The molecular weight excluding hydrogens is 342 g/mol. The van der Waals surface area contributed by atoms with Gasteiger partial charge in [-0.3, -0.25) is 9.69 Å². The Balaban J connectivity index is 1.61. The van der Waals surface area contributed by atoms with E-state index in [0.717, 1.165) is 19.4 Å². The summed E-state index contributed by atoms with van der Waals surface area (Å²) in [6, 6.07) is 10.3. The lowest BCUT2D eigenvalue weighted by molar-refractivity contribution is 0.0972. The lowest BCUT2D eigenvalue weighted by Gasteiger charge is -2.40. The van der Waals surface area contributed by atoms with Crippen molar-refractivity contribution in [2.45, 2.75) is 45.3 Å². The monoisotopic (exact) mass is 369 g/mol. The molecule has 1 saturated heterocycles. The van der Waals surface area contributed by atoms with Gasteiger partial charge in [0.1, 0.15) is 0 Å². The van der Waals surface area contributed by atoms with E-state index in [1.165, 1.54) is 28.1 Å². The van der Waals surface area contributed by atoms with Gasteiger partial charge in [-0.05, 0) is 45.4 Å². The van der Waals surface area contributed by atoms with Crippen molar-refractivity contribution >= 4 is 11.9 Å². The molecule has 27 heavy (non-hydrogen) atoms. The average molecular weight is 369 g/mol. The first-order valence-electron chi connectivity index (χ1n) is 9.27. The van der Waals surface area contributed by atoms with Crippen LogP contribution >= 0.6 is 0 Å². The number of likely N-dealkylation sites (tertiary alicyclic amines) is 1. The van der Waals surface area contributed by atoms with E-state index in [1.807, 2.05) is 4.90 Å². The maximum Gasteiger partial charge on any atom is 0.344 e. The number of primary amides is 1. The molecule has 1 aromatic carbocycles. The van der Waals surface area contributed by atoms with Crippen molar-refractivity contribution in [3.05, 3.63) is 53.3 Å². The van der Waals surface area contributed by atoms with Crippen LogP contribution in [0.4, 0.5) is 4.79 Å². The van der Waals surface area contributed by atoms with Crippen molar-refractivity contribution in [3.8, 4) is 0 Å². The second kappa shape index (κ2) is 7.92. The highest BCUT2D eigenvalue weighted by atomic mass is 16.2. The van der Waals surface area contributed by atoms with E-state index in [9.17, 15) is 9.59 Å². The Hall–Kier alpha value is -2.67. The summed E-state index contributed by atoms with van der Waals surface area (Å²) in [7, 11) is 2.14. The molecule has 2 heterocycles. The Morgan fingerprint density at radius 2 is 2.11 bits per heavy atom. The highest BCUT2D eigenvalue weighted by molar-refractivity contribution is 5.91. The van der Waals surface area contributed by atoms with Crippen LogP contribution in [0, 0.1) is 6.92 Å². The minimum atomic E-state index is -0.633. The number of nitrogens with zero attached hydrogens (tertiary/aromatic N) is 4. The summed E-state index contributed by atoms with van der Waals surface area (Å²) in [6.45, 7) is 5.72. The molecular formula is C20H27N5O2. The van der Waals surface area contributed by atoms with Crippen LogP contribution in [0.3, 0.4) is 0 Å². The van der Waals surface area contributed by atoms with Crippen LogP contribution < -0.4 is 5.73 Å². The summed E-state index contributed by atoms with van der Waals surface area (Å²) in [5.41, 5.74) is 7.89. The minimum Gasteiger partial charge on any atom is -0.364 e. The van der Waals surface area contributed by atoms with Crippen LogP contribution in [0.5, 0.6) is 0 Å². The normalized spacial score (nSPS) is 20.1. The summed E-state index contributed by atoms with van der Waals surface area (Å²) in [5.74, 6) is -0.633. The molecule has 0 unspecified atom stereocenters. The molecule has 2 atom stereocenters. The topological polar surface area (TPSA) is 84.5 Å². The first-order chi connectivity index (χ1) is 12.8. The van der Waals surface area contributed by atoms with Gasteiger partial charge in [-0.1, -0.05) is 29.8 Å². The molecule has 0 saturated carbocycles. The molecule has 2 aromatic rings. The van der Waals surface area contributed by atoms with Crippen LogP contribution in [0.1, 0.15) is 41.4 Å². The zero-order valence-corrected chi connectivity index (χ0v) is 16.1. The van der Waals surface area contributed by atoms with Crippen LogP contribution in [0.2, 0.25) is 0 Å². The highest BCUT2D eigenvalue weighted by Gasteiger charge is 2.31. The molecule has 2 N–H and O–H groups in total. The fourth-order valence-corrected chi connectivity index (χ4v) is 3.75. The van der Waals surface area contributed by atoms with E-state index < -0.39 is 5.91 Å². The van der Waals surface area contributed by atoms with Gasteiger partial charge in [0.15, 0.2) is 5.69 Å². The predicted octanol–water partition coefficient (Wildman–Crippen LogP) is 2.24. The fourth-order valence-electron chi connectivity index (χ4n) is 3.75. The smallest absolute Gasteiger partial charge is 0.344 e. The average Bonchev–Trinajstić information content (AvgIpc) is 3.11. The number of carbonyl (C=O) groups excluding carboxylic acids is 2. The fraction of sp³-hybridized carbons (Fsp3) is 0.450. The van der Waals surface area contributed by atoms with E-state index in [0.29, 0.717) is 12.6 Å². The molecule has 2 amide bonds. The lowest BCUT2D eigenvalue weighted by Crippen LogP contribution is -2.51. The molecule has 0 aliphatic carbocycles. The predicted molar refractivity (Wildman–Crippen MR) is 103 cm³/mol. The van der Waals surface area contributed by atoms with E-state index in [4.69, 9.17) is 5.73 Å². The van der Waals surface area contributed by atoms with Gasteiger partial charge in [0.25, 0.3) is 5.91 Å². The van der Waals surface area contributed by atoms with Gasteiger partial charge in [-0.25, -0.2) is 4.79 Å². The number of hydrogen-bond donors (Lipinski definition) is 1. The standard InChI is InChI=1S/C20H27N5O2/c1-14-5-4-6-16(11-14)13-23(3)17-7-9-24(15(2)12-17)20(27)25-10-8-18(22-25)19(21)26/h4-6,8,10-11,15,17H,7,9,12-13H2,1-3H3,(H2,21,26)/t15-,17+/m0/s1. The third-order valence-electron chi connectivity index (χ3n) is 5.27. The number of benzene rings is 1. The maximum atomic E-state index is 12.7. The summed E-state index contributed by atoms with van der Waals surface area (Å²) in [4.78, 5) is 28.1. The molecule has 1 fully saturated rings. The van der Waals surface area contributed by atoms with Gasteiger partial charge in [0.2, 0.25) is 0 Å². The number of aromatic nitrogens is 2. The molecule has 3 rings (SSSR count). The first-order valence-corrected chi connectivity index (χ1v) is 9.27. The zero-order chi connectivity index (χ0) is 19.6. The van der Waals surface area contributed by atoms with Crippen molar-refractivity contribution < 1.29 is 9.59 Å². The summed E-state index contributed by atoms with van der Waals surface area (Å²) < 4.78 is 1.20. The third-order valence-corrected chi connectivity index (χ3v) is 5.27. The quantitative estimate of drug-likeness (QED) is 0.896. The van der Waals surface area contributed by atoms with E-state index in [2.05, 4.69) is 55.2 Å². The van der Waals surface area contributed by atoms with Crippen molar-refractivity contribution in [2.24, 2.45) is 5.73 Å². The van der Waals surface area contributed by atoms with Crippen LogP contribution in [-0.2, 0) is 6.54 Å². The molecule has 1 aliphatic rings. The maximum absolute atomic E-state index is 12.7. The van der Waals surface area contributed by atoms with E-state index in [1.54, 1.807) is 0 Å². The Kier molecular flexibility index (Phi) is 5.60. The SMILES string of the molecule is Cc1cccc(CN(C)[C@@H]2CCN(C(=O)n3ccc(C(N)=O)n3)[C@@H](C)C2)c1. The Bertz CT molecular complexity index is 831. The van der Waals surface area contributed by atoms with Crippen molar-refractivity contribution in [3.63, 3.8) is 0 Å².